The lowest BCUT2D eigenvalue weighted by atomic mass is 10.1. The number of hydrogen-bond acceptors (Lipinski definition) is 5. The van der Waals surface area contributed by atoms with Crippen molar-refractivity contribution in [3.8, 4) is 10.4 Å². The van der Waals surface area contributed by atoms with E-state index in [1.54, 1.807) is 17.5 Å². The molecule has 0 aliphatic heterocycles. The summed E-state index contributed by atoms with van der Waals surface area (Å²) in [5.41, 5.74) is 3.54. The Bertz CT molecular complexity index is 1490. The highest BCUT2D eigenvalue weighted by molar-refractivity contribution is 7.22. The third-order valence-corrected chi connectivity index (χ3v) is 7.17. The molecule has 7 heteroatoms. The summed E-state index contributed by atoms with van der Waals surface area (Å²) in [6, 6.07) is 22.2. The Morgan fingerprint density at radius 1 is 0.900 bits per heavy atom. The van der Waals surface area contributed by atoms with Crippen molar-refractivity contribution in [2.75, 3.05) is 5.32 Å². The molecule has 0 saturated heterocycles. The van der Waals surface area contributed by atoms with E-state index in [9.17, 15) is 4.79 Å². The Labute approximate surface area is 179 Å². The van der Waals surface area contributed by atoms with E-state index in [1.807, 2.05) is 48.5 Å². The third-order valence-electron chi connectivity index (χ3n) is 4.99. The topological polar surface area (TPSA) is 70.7 Å². The molecular weight excluding hydrogens is 412 g/mol. The molecule has 0 spiro atoms. The molecule has 0 radical (unpaired) electrons. The van der Waals surface area contributed by atoms with Crippen molar-refractivity contribution in [2.24, 2.45) is 0 Å². The van der Waals surface area contributed by atoms with Crippen LogP contribution in [0, 0.1) is 0 Å². The van der Waals surface area contributed by atoms with Gasteiger partial charge in [-0.15, -0.1) is 22.7 Å². The van der Waals surface area contributed by atoms with E-state index < -0.39 is 0 Å². The first-order valence-corrected chi connectivity index (χ1v) is 11.0. The molecule has 5 nitrogen and oxygen atoms in total. The summed E-state index contributed by atoms with van der Waals surface area (Å²) in [5, 5.41) is 12.9. The number of para-hydroxylation sites is 1. The van der Waals surface area contributed by atoms with Gasteiger partial charge in [-0.3, -0.25) is 9.89 Å². The molecular formula is C23H14N4OS2. The zero-order valence-electron chi connectivity index (χ0n) is 15.5. The lowest BCUT2D eigenvalue weighted by molar-refractivity contribution is 0.102. The minimum atomic E-state index is -0.207. The number of H-pyrrole nitrogens is 1. The standard InChI is InChI=1S/C23H14N4OS2/c28-22(23-26-17-6-2-4-8-19(17)30-23)25-15-9-14-12-24-27-21(14)16(11-15)20-10-13-5-1-3-7-18(13)29-20/h1-12H,(H,24,27)(H,25,28). The highest BCUT2D eigenvalue weighted by Crippen LogP contribution is 2.38. The second-order valence-corrected chi connectivity index (χ2v) is 9.06. The van der Waals surface area contributed by atoms with Gasteiger partial charge in [-0.25, -0.2) is 4.98 Å². The number of thiophene rings is 1. The van der Waals surface area contributed by atoms with E-state index in [-0.39, 0.29) is 5.91 Å². The van der Waals surface area contributed by atoms with Crippen LogP contribution in [0.5, 0.6) is 0 Å². The fourth-order valence-electron chi connectivity index (χ4n) is 3.59. The first kappa shape index (κ1) is 17.3. The summed E-state index contributed by atoms with van der Waals surface area (Å²) in [7, 11) is 0. The third kappa shape index (κ3) is 2.87. The number of carbonyl (C=O) groups excluding carboxylic acids is 1. The van der Waals surface area contributed by atoms with Gasteiger partial charge in [0, 0.05) is 26.2 Å². The van der Waals surface area contributed by atoms with Crippen LogP contribution in [0.25, 0.3) is 41.6 Å². The highest BCUT2D eigenvalue weighted by Gasteiger charge is 2.16. The maximum atomic E-state index is 12.9. The summed E-state index contributed by atoms with van der Waals surface area (Å²) in [4.78, 5) is 18.4. The smallest absolute Gasteiger partial charge is 0.284 e. The molecule has 144 valence electrons. The summed E-state index contributed by atoms with van der Waals surface area (Å²) < 4.78 is 2.22. The van der Waals surface area contributed by atoms with Crippen molar-refractivity contribution in [1.82, 2.24) is 15.2 Å². The molecule has 0 saturated carbocycles. The lowest BCUT2D eigenvalue weighted by Gasteiger charge is -2.07. The van der Waals surface area contributed by atoms with E-state index in [4.69, 9.17) is 0 Å². The Morgan fingerprint density at radius 2 is 1.73 bits per heavy atom. The average molecular weight is 427 g/mol. The Morgan fingerprint density at radius 3 is 2.60 bits per heavy atom. The molecule has 2 N–H and O–H groups in total. The van der Waals surface area contributed by atoms with E-state index in [0.717, 1.165) is 37.2 Å². The Kier molecular flexibility index (Phi) is 3.90. The number of carbonyl (C=O) groups is 1. The summed E-state index contributed by atoms with van der Waals surface area (Å²) in [6.45, 7) is 0. The number of aromatic amines is 1. The number of hydrogen-bond donors (Lipinski definition) is 2. The fraction of sp³-hybridized carbons (Fsp3) is 0. The molecule has 0 unspecified atom stereocenters. The van der Waals surface area contributed by atoms with Crippen molar-refractivity contribution < 1.29 is 4.79 Å². The number of nitrogens with one attached hydrogen (secondary N) is 2. The van der Waals surface area contributed by atoms with Gasteiger partial charge in [0.15, 0.2) is 5.01 Å². The van der Waals surface area contributed by atoms with E-state index >= 15 is 0 Å². The van der Waals surface area contributed by atoms with Crippen LogP contribution in [-0.2, 0) is 0 Å². The number of nitrogens with zero attached hydrogens (tertiary/aromatic N) is 2. The van der Waals surface area contributed by atoms with Crippen LogP contribution in [0.1, 0.15) is 9.80 Å². The first-order valence-electron chi connectivity index (χ1n) is 9.38. The molecule has 6 rings (SSSR count). The zero-order chi connectivity index (χ0) is 20.1. The van der Waals surface area contributed by atoms with Gasteiger partial charge in [0.25, 0.3) is 5.91 Å². The summed E-state index contributed by atoms with van der Waals surface area (Å²) in [6.07, 6.45) is 1.78. The molecule has 3 aromatic heterocycles. The van der Waals surface area contributed by atoms with Crippen molar-refractivity contribution in [2.45, 2.75) is 0 Å². The predicted octanol–water partition coefficient (Wildman–Crippen LogP) is 6.31. The SMILES string of the molecule is O=C(Nc1cc(-c2cc3ccccc3s2)c2[nH]ncc2c1)c1nc2ccccc2s1. The molecule has 1 amide bonds. The van der Waals surface area contributed by atoms with Crippen molar-refractivity contribution in [3.63, 3.8) is 0 Å². The van der Waals surface area contributed by atoms with Gasteiger partial charge in [0.2, 0.25) is 0 Å². The van der Waals surface area contributed by atoms with Crippen LogP contribution in [0.4, 0.5) is 5.69 Å². The highest BCUT2D eigenvalue weighted by atomic mass is 32.1. The monoisotopic (exact) mass is 426 g/mol. The van der Waals surface area contributed by atoms with Gasteiger partial charge in [0.05, 0.1) is 21.9 Å². The molecule has 0 aliphatic carbocycles. The first-order chi connectivity index (χ1) is 14.7. The molecule has 30 heavy (non-hydrogen) atoms. The van der Waals surface area contributed by atoms with Gasteiger partial charge in [0.1, 0.15) is 0 Å². The predicted molar refractivity (Wildman–Crippen MR) is 124 cm³/mol. The van der Waals surface area contributed by atoms with Crippen LogP contribution >= 0.6 is 22.7 Å². The number of fused-ring (bicyclic) bond motifs is 3. The second kappa shape index (κ2) is 6.76. The van der Waals surface area contributed by atoms with Crippen molar-refractivity contribution in [1.29, 1.82) is 0 Å². The summed E-state index contributed by atoms with van der Waals surface area (Å²) >= 11 is 3.12. The molecule has 0 bridgehead atoms. The largest absolute Gasteiger partial charge is 0.320 e. The number of anilines is 1. The number of benzene rings is 3. The van der Waals surface area contributed by atoms with Gasteiger partial charge in [-0.1, -0.05) is 30.3 Å². The van der Waals surface area contributed by atoms with Crippen LogP contribution in [0.3, 0.4) is 0 Å². The van der Waals surface area contributed by atoms with Crippen molar-refractivity contribution >= 4 is 65.5 Å². The maximum Gasteiger partial charge on any atom is 0.284 e. The van der Waals surface area contributed by atoms with Crippen LogP contribution in [0.15, 0.2) is 72.9 Å². The number of amides is 1. The van der Waals surface area contributed by atoms with E-state index in [0.29, 0.717) is 5.01 Å². The Hall–Kier alpha value is -3.55. The van der Waals surface area contributed by atoms with Crippen LogP contribution in [-0.4, -0.2) is 21.1 Å². The molecule has 0 aliphatic rings. The fourth-order valence-corrected chi connectivity index (χ4v) is 5.54. The molecule has 3 aromatic carbocycles. The quantitative estimate of drug-likeness (QED) is 0.348. The number of thiazole rings is 1. The second-order valence-electron chi connectivity index (χ2n) is 6.95. The molecule has 0 atom stereocenters. The summed E-state index contributed by atoms with van der Waals surface area (Å²) in [5.74, 6) is -0.207. The molecule has 0 fully saturated rings. The Balaban J connectivity index is 1.42. The van der Waals surface area contributed by atoms with Gasteiger partial charge < -0.3 is 5.32 Å². The van der Waals surface area contributed by atoms with Crippen LogP contribution in [0.2, 0.25) is 0 Å². The molecule has 6 aromatic rings. The van der Waals surface area contributed by atoms with Crippen LogP contribution < -0.4 is 5.32 Å². The zero-order valence-corrected chi connectivity index (χ0v) is 17.2. The van der Waals surface area contributed by atoms with E-state index in [1.165, 1.54) is 21.4 Å². The van der Waals surface area contributed by atoms with Crippen molar-refractivity contribution in [3.05, 3.63) is 77.9 Å². The van der Waals surface area contributed by atoms with Gasteiger partial charge in [-0.05, 0) is 41.8 Å². The number of rotatable bonds is 3. The minimum Gasteiger partial charge on any atom is -0.320 e. The average Bonchev–Trinajstić information content (AvgIpc) is 3.49. The van der Waals surface area contributed by atoms with E-state index in [2.05, 4.69) is 38.7 Å². The number of aromatic nitrogens is 3. The van der Waals surface area contributed by atoms with Gasteiger partial charge >= 0.3 is 0 Å². The lowest BCUT2D eigenvalue weighted by Crippen LogP contribution is -2.11. The normalized spacial score (nSPS) is 11.5. The van der Waals surface area contributed by atoms with Gasteiger partial charge in [-0.2, -0.15) is 5.10 Å². The minimum absolute atomic E-state index is 0.207. The maximum absolute atomic E-state index is 12.9. The molecule has 3 heterocycles.